The standard InChI is InChI=1S/C24H26N2O/c1-5-17-11-19-16(2)13-24(3,4)26-22(19)20(12-17)21(23(26)27)15-25-14-18-9-7-6-8-10-18/h6-13,15,27H,5,14H2,1-4H3. The van der Waals surface area contributed by atoms with Gasteiger partial charge in [-0.2, -0.15) is 0 Å². The molecule has 0 aliphatic carbocycles. The van der Waals surface area contributed by atoms with Gasteiger partial charge in [-0.1, -0.05) is 43.3 Å². The van der Waals surface area contributed by atoms with E-state index in [0.29, 0.717) is 12.4 Å². The smallest absolute Gasteiger partial charge is 0.201 e. The molecular formula is C24H26N2O. The minimum atomic E-state index is -0.279. The van der Waals surface area contributed by atoms with Crippen LogP contribution in [0.1, 0.15) is 49.9 Å². The Kier molecular flexibility index (Phi) is 4.18. The molecule has 3 aromatic rings. The molecule has 0 atom stereocenters. The van der Waals surface area contributed by atoms with E-state index in [-0.39, 0.29) is 5.54 Å². The molecule has 2 aromatic carbocycles. The average Bonchev–Trinajstić information content (AvgIpc) is 2.93. The highest BCUT2D eigenvalue weighted by atomic mass is 16.3. The lowest BCUT2D eigenvalue weighted by Crippen LogP contribution is -2.26. The highest BCUT2D eigenvalue weighted by Crippen LogP contribution is 2.44. The number of nitrogens with zero attached hydrogens (tertiary/aromatic N) is 2. The predicted molar refractivity (Wildman–Crippen MR) is 114 cm³/mol. The van der Waals surface area contributed by atoms with E-state index in [1.54, 1.807) is 0 Å². The molecule has 27 heavy (non-hydrogen) atoms. The van der Waals surface area contributed by atoms with Gasteiger partial charge in [0.05, 0.1) is 23.2 Å². The van der Waals surface area contributed by atoms with E-state index >= 15 is 0 Å². The second kappa shape index (κ2) is 6.41. The molecule has 4 rings (SSSR count). The van der Waals surface area contributed by atoms with Crippen LogP contribution in [0.5, 0.6) is 5.88 Å². The molecule has 1 aromatic heterocycles. The maximum absolute atomic E-state index is 11.1. The summed E-state index contributed by atoms with van der Waals surface area (Å²) in [6.45, 7) is 9.20. The van der Waals surface area contributed by atoms with E-state index in [0.717, 1.165) is 28.5 Å². The van der Waals surface area contributed by atoms with Gasteiger partial charge in [0.1, 0.15) is 0 Å². The van der Waals surface area contributed by atoms with Crippen LogP contribution in [0.2, 0.25) is 0 Å². The Morgan fingerprint density at radius 1 is 1.11 bits per heavy atom. The normalized spacial score (nSPS) is 15.5. The maximum Gasteiger partial charge on any atom is 0.201 e. The molecule has 0 amide bonds. The van der Waals surface area contributed by atoms with Crippen LogP contribution in [0.3, 0.4) is 0 Å². The monoisotopic (exact) mass is 358 g/mol. The van der Waals surface area contributed by atoms with Crippen LogP contribution in [0.25, 0.3) is 16.5 Å². The number of hydrogen-bond acceptors (Lipinski definition) is 2. The van der Waals surface area contributed by atoms with Gasteiger partial charge >= 0.3 is 0 Å². The Morgan fingerprint density at radius 3 is 2.56 bits per heavy atom. The summed E-state index contributed by atoms with van der Waals surface area (Å²) in [5, 5.41) is 12.2. The average molecular weight is 358 g/mol. The summed E-state index contributed by atoms with van der Waals surface area (Å²) in [6, 6.07) is 14.6. The van der Waals surface area contributed by atoms with Crippen molar-refractivity contribution in [2.75, 3.05) is 0 Å². The number of aliphatic imine (C=N–C) groups is 1. The van der Waals surface area contributed by atoms with E-state index in [9.17, 15) is 5.11 Å². The van der Waals surface area contributed by atoms with Crippen LogP contribution in [-0.2, 0) is 18.5 Å². The van der Waals surface area contributed by atoms with E-state index in [2.05, 4.69) is 63.0 Å². The first kappa shape index (κ1) is 17.6. The quantitative estimate of drug-likeness (QED) is 0.599. The summed E-state index contributed by atoms with van der Waals surface area (Å²) in [4.78, 5) is 4.63. The molecule has 3 nitrogen and oxygen atoms in total. The number of rotatable bonds is 4. The van der Waals surface area contributed by atoms with E-state index in [1.165, 1.54) is 16.7 Å². The van der Waals surface area contributed by atoms with Crippen molar-refractivity contribution in [1.29, 1.82) is 0 Å². The molecule has 1 aliphatic rings. The van der Waals surface area contributed by atoms with Gasteiger partial charge in [0, 0.05) is 17.2 Å². The second-order valence-corrected chi connectivity index (χ2v) is 7.90. The summed E-state index contributed by atoms with van der Waals surface area (Å²) in [6.07, 6.45) is 5.03. The summed E-state index contributed by atoms with van der Waals surface area (Å²) < 4.78 is 2.05. The van der Waals surface area contributed by atoms with Crippen molar-refractivity contribution in [2.24, 2.45) is 4.99 Å². The van der Waals surface area contributed by atoms with Crippen LogP contribution < -0.4 is 0 Å². The zero-order valence-corrected chi connectivity index (χ0v) is 16.5. The number of benzene rings is 2. The Bertz CT molecular complexity index is 1070. The zero-order chi connectivity index (χ0) is 19.2. The largest absolute Gasteiger partial charge is 0.494 e. The van der Waals surface area contributed by atoms with Gasteiger partial charge in [0.25, 0.3) is 0 Å². The lowest BCUT2D eigenvalue weighted by molar-refractivity contribution is 0.361. The van der Waals surface area contributed by atoms with Gasteiger partial charge in [-0.05, 0) is 56.0 Å². The van der Waals surface area contributed by atoms with E-state index in [4.69, 9.17) is 0 Å². The number of hydrogen-bond donors (Lipinski definition) is 1. The van der Waals surface area contributed by atoms with Crippen molar-refractivity contribution in [3.63, 3.8) is 0 Å². The first-order valence-corrected chi connectivity index (χ1v) is 9.56. The highest BCUT2D eigenvalue weighted by molar-refractivity contribution is 6.07. The fourth-order valence-corrected chi connectivity index (χ4v) is 4.18. The van der Waals surface area contributed by atoms with Crippen LogP contribution in [0.15, 0.2) is 53.5 Å². The fourth-order valence-electron chi connectivity index (χ4n) is 4.18. The summed E-state index contributed by atoms with van der Waals surface area (Å²) in [5.41, 5.74) is 6.55. The predicted octanol–water partition coefficient (Wildman–Crippen LogP) is 5.68. The third-order valence-electron chi connectivity index (χ3n) is 5.45. The SMILES string of the molecule is CCc1cc2c3c(c1)c(C=NCc1ccccc1)c(O)n3C(C)(C)C=C2C. The molecule has 0 spiro atoms. The Morgan fingerprint density at radius 2 is 1.85 bits per heavy atom. The third-order valence-corrected chi connectivity index (χ3v) is 5.45. The van der Waals surface area contributed by atoms with Crippen molar-refractivity contribution in [3.05, 3.63) is 70.8 Å². The number of allylic oxidation sites excluding steroid dienone is 2. The van der Waals surface area contributed by atoms with Gasteiger partial charge in [0.2, 0.25) is 5.88 Å². The molecule has 2 heterocycles. The number of aromatic nitrogens is 1. The molecule has 0 radical (unpaired) electrons. The Balaban J connectivity index is 1.89. The van der Waals surface area contributed by atoms with Crippen molar-refractivity contribution >= 4 is 22.7 Å². The highest BCUT2D eigenvalue weighted by Gasteiger charge is 2.31. The topological polar surface area (TPSA) is 37.5 Å². The molecule has 0 unspecified atom stereocenters. The molecule has 0 saturated heterocycles. The maximum atomic E-state index is 11.1. The number of aromatic hydroxyl groups is 1. The van der Waals surface area contributed by atoms with Gasteiger partial charge in [-0.15, -0.1) is 0 Å². The lowest BCUT2D eigenvalue weighted by atomic mass is 9.90. The van der Waals surface area contributed by atoms with Gasteiger partial charge in [0.15, 0.2) is 0 Å². The van der Waals surface area contributed by atoms with Crippen molar-refractivity contribution in [3.8, 4) is 5.88 Å². The summed E-state index contributed by atoms with van der Waals surface area (Å²) in [7, 11) is 0. The van der Waals surface area contributed by atoms with E-state index in [1.807, 2.05) is 29.0 Å². The molecule has 3 heteroatoms. The summed E-state index contributed by atoms with van der Waals surface area (Å²) in [5.74, 6) is 0.296. The van der Waals surface area contributed by atoms with E-state index < -0.39 is 0 Å². The Hall–Kier alpha value is -2.81. The van der Waals surface area contributed by atoms with Gasteiger partial charge < -0.3 is 9.67 Å². The summed E-state index contributed by atoms with van der Waals surface area (Å²) >= 11 is 0. The third kappa shape index (κ3) is 2.87. The van der Waals surface area contributed by atoms with Crippen molar-refractivity contribution < 1.29 is 5.11 Å². The van der Waals surface area contributed by atoms with Crippen LogP contribution in [-0.4, -0.2) is 15.9 Å². The second-order valence-electron chi connectivity index (χ2n) is 7.90. The molecule has 0 bridgehead atoms. The molecule has 1 aliphatic heterocycles. The molecular weight excluding hydrogens is 332 g/mol. The fraction of sp³-hybridized carbons (Fsp3) is 0.292. The zero-order valence-electron chi connectivity index (χ0n) is 16.5. The molecule has 138 valence electrons. The Labute approximate surface area is 160 Å². The van der Waals surface area contributed by atoms with Crippen LogP contribution in [0.4, 0.5) is 0 Å². The molecule has 0 saturated carbocycles. The molecule has 0 fully saturated rings. The number of aryl methyl sites for hydroxylation is 1. The minimum Gasteiger partial charge on any atom is -0.494 e. The minimum absolute atomic E-state index is 0.279. The van der Waals surface area contributed by atoms with Crippen molar-refractivity contribution in [1.82, 2.24) is 4.57 Å². The van der Waals surface area contributed by atoms with Crippen molar-refractivity contribution in [2.45, 2.75) is 46.2 Å². The first-order chi connectivity index (χ1) is 12.9. The first-order valence-electron chi connectivity index (χ1n) is 9.56. The van der Waals surface area contributed by atoms with Gasteiger partial charge in [-0.3, -0.25) is 4.99 Å². The molecule has 1 N–H and O–H groups in total. The van der Waals surface area contributed by atoms with Gasteiger partial charge in [-0.25, -0.2) is 0 Å². The van der Waals surface area contributed by atoms with Crippen LogP contribution >= 0.6 is 0 Å². The lowest BCUT2D eigenvalue weighted by Gasteiger charge is -2.31. The van der Waals surface area contributed by atoms with Crippen LogP contribution in [0, 0.1) is 0 Å².